The van der Waals surface area contributed by atoms with Crippen molar-refractivity contribution < 1.29 is 19.0 Å². The van der Waals surface area contributed by atoms with Crippen LogP contribution < -0.4 is 19.5 Å². The average Bonchev–Trinajstić information content (AvgIpc) is 2.61. The van der Waals surface area contributed by atoms with Gasteiger partial charge in [0.1, 0.15) is 5.75 Å². The van der Waals surface area contributed by atoms with Gasteiger partial charge in [-0.1, -0.05) is 12.1 Å². The quantitative estimate of drug-likeness (QED) is 0.803. The second-order valence-electron chi connectivity index (χ2n) is 5.16. The number of methoxy groups -OCH3 is 2. The predicted molar refractivity (Wildman–Crippen MR) is 94.1 cm³/mol. The van der Waals surface area contributed by atoms with E-state index >= 15 is 0 Å². The van der Waals surface area contributed by atoms with E-state index in [1.54, 1.807) is 14.2 Å². The van der Waals surface area contributed by atoms with Crippen molar-refractivity contribution in [3.63, 3.8) is 0 Å². The molecule has 5 nitrogen and oxygen atoms in total. The molecule has 0 heterocycles. The molecule has 5 heteroatoms. The van der Waals surface area contributed by atoms with Crippen molar-refractivity contribution in [3.8, 4) is 17.2 Å². The van der Waals surface area contributed by atoms with Crippen molar-refractivity contribution in [1.82, 2.24) is 0 Å². The van der Waals surface area contributed by atoms with Crippen LogP contribution in [-0.4, -0.2) is 26.7 Å². The van der Waals surface area contributed by atoms with E-state index in [0.29, 0.717) is 30.9 Å². The molecule has 0 aliphatic rings. The Balaban J connectivity index is 1.93. The van der Waals surface area contributed by atoms with Crippen molar-refractivity contribution in [1.29, 1.82) is 0 Å². The second-order valence-corrected chi connectivity index (χ2v) is 5.16. The van der Waals surface area contributed by atoms with Crippen LogP contribution in [0.1, 0.15) is 18.9 Å². The molecule has 2 aromatic rings. The van der Waals surface area contributed by atoms with E-state index in [-0.39, 0.29) is 5.91 Å². The first-order valence-corrected chi connectivity index (χ1v) is 7.90. The van der Waals surface area contributed by atoms with E-state index < -0.39 is 0 Å². The highest BCUT2D eigenvalue weighted by atomic mass is 16.5. The maximum Gasteiger partial charge on any atom is 0.224 e. The Kier molecular flexibility index (Phi) is 6.49. The van der Waals surface area contributed by atoms with Gasteiger partial charge in [-0.05, 0) is 49.2 Å². The number of rotatable bonds is 8. The number of amides is 1. The SMILES string of the molecule is CCOc1ccc(NC(=O)CCc2cccc(OC)c2OC)cc1. The lowest BCUT2D eigenvalue weighted by molar-refractivity contribution is -0.116. The van der Waals surface area contributed by atoms with Gasteiger partial charge in [-0.25, -0.2) is 0 Å². The topological polar surface area (TPSA) is 56.8 Å². The van der Waals surface area contributed by atoms with Gasteiger partial charge in [-0.2, -0.15) is 0 Å². The van der Waals surface area contributed by atoms with E-state index in [2.05, 4.69) is 5.32 Å². The Hall–Kier alpha value is -2.69. The van der Waals surface area contributed by atoms with Gasteiger partial charge in [-0.15, -0.1) is 0 Å². The molecule has 0 radical (unpaired) electrons. The number of hydrogen-bond acceptors (Lipinski definition) is 4. The first kappa shape index (κ1) is 17.7. The molecule has 0 aliphatic heterocycles. The van der Waals surface area contributed by atoms with Crippen molar-refractivity contribution in [3.05, 3.63) is 48.0 Å². The molecule has 2 rings (SSSR count). The third-order valence-electron chi connectivity index (χ3n) is 3.55. The maximum absolute atomic E-state index is 12.1. The fourth-order valence-electron chi connectivity index (χ4n) is 2.42. The number of nitrogens with one attached hydrogen (secondary N) is 1. The zero-order valence-corrected chi connectivity index (χ0v) is 14.3. The molecule has 0 saturated heterocycles. The number of aryl methyl sites for hydroxylation is 1. The average molecular weight is 329 g/mol. The summed E-state index contributed by atoms with van der Waals surface area (Å²) >= 11 is 0. The van der Waals surface area contributed by atoms with Gasteiger partial charge in [0, 0.05) is 12.1 Å². The summed E-state index contributed by atoms with van der Waals surface area (Å²) in [6.07, 6.45) is 0.931. The highest BCUT2D eigenvalue weighted by Crippen LogP contribution is 2.31. The standard InChI is InChI=1S/C19H23NO4/c1-4-24-16-11-9-15(10-12-16)20-18(21)13-8-14-6-5-7-17(22-2)19(14)23-3/h5-7,9-12H,4,8,13H2,1-3H3,(H,20,21). The summed E-state index contributed by atoms with van der Waals surface area (Å²) in [6, 6.07) is 13.0. The summed E-state index contributed by atoms with van der Waals surface area (Å²) in [7, 11) is 3.20. The third-order valence-corrected chi connectivity index (χ3v) is 3.55. The maximum atomic E-state index is 12.1. The largest absolute Gasteiger partial charge is 0.494 e. The second kappa shape index (κ2) is 8.82. The van der Waals surface area contributed by atoms with Gasteiger partial charge in [0.2, 0.25) is 5.91 Å². The Morgan fingerprint density at radius 2 is 1.79 bits per heavy atom. The Bertz CT molecular complexity index is 668. The van der Waals surface area contributed by atoms with E-state index in [1.165, 1.54) is 0 Å². The molecule has 0 spiro atoms. The molecule has 0 fully saturated rings. The molecule has 0 atom stereocenters. The molecule has 24 heavy (non-hydrogen) atoms. The highest BCUT2D eigenvalue weighted by molar-refractivity contribution is 5.90. The van der Waals surface area contributed by atoms with Crippen molar-refractivity contribution in [2.75, 3.05) is 26.1 Å². The van der Waals surface area contributed by atoms with E-state index in [9.17, 15) is 4.79 Å². The number of carbonyl (C=O) groups is 1. The van der Waals surface area contributed by atoms with Gasteiger partial charge in [0.25, 0.3) is 0 Å². The number of para-hydroxylation sites is 1. The molecular formula is C19H23NO4. The van der Waals surface area contributed by atoms with Crippen LogP contribution in [0.25, 0.3) is 0 Å². The lowest BCUT2D eigenvalue weighted by Gasteiger charge is -2.12. The summed E-state index contributed by atoms with van der Waals surface area (Å²) in [5.41, 5.74) is 1.69. The Morgan fingerprint density at radius 1 is 1.04 bits per heavy atom. The molecular weight excluding hydrogens is 306 g/mol. The summed E-state index contributed by atoms with van der Waals surface area (Å²) in [5.74, 6) is 2.08. The smallest absolute Gasteiger partial charge is 0.224 e. The van der Waals surface area contributed by atoms with Gasteiger partial charge < -0.3 is 19.5 Å². The number of ether oxygens (including phenoxy) is 3. The lowest BCUT2D eigenvalue weighted by atomic mass is 10.1. The third kappa shape index (κ3) is 4.65. The van der Waals surface area contributed by atoms with Crippen LogP contribution in [-0.2, 0) is 11.2 Å². The Morgan fingerprint density at radius 3 is 2.42 bits per heavy atom. The van der Waals surface area contributed by atoms with Gasteiger partial charge in [0.05, 0.1) is 20.8 Å². The van der Waals surface area contributed by atoms with Crippen LogP contribution in [0.3, 0.4) is 0 Å². The predicted octanol–water partition coefficient (Wildman–Crippen LogP) is 3.67. The van der Waals surface area contributed by atoms with E-state index in [4.69, 9.17) is 14.2 Å². The fraction of sp³-hybridized carbons (Fsp3) is 0.316. The summed E-state index contributed by atoms with van der Waals surface area (Å²) in [5, 5.41) is 2.88. The molecule has 0 unspecified atom stereocenters. The number of anilines is 1. The van der Waals surface area contributed by atoms with Gasteiger partial charge in [-0.3, -0.25) is 4.79 Å². The van der Waals surface area contributed by atoms with Gasteiger partial charge in [0.15, 0.2) is 11.5 Å². The van der Waals surface area contributed by atoms with Crippen LogP contribution >= 0.6 is 0 Å². The van der Waals surface area contributed by atoms with E-state index in [1.807, 2.05) is 49.4 Å². The minimum absolute atomic E-state index is 0.0518. The first-order chi connectivity index (χ1) is 11.7. The summed E-state index contributed by atoms with van der Waals surface area (Å²) in [4.78, 5) is 12.1. The first-order valence-electron chi connectivity index (χ1n) is 7.90. The van der Waals surface area contributed by atoms with Crippen molar-refractivity contribution >= 4 is 11.6 Å². The van der Waals surface area contributed by atoms with E-state index in [0.717, 1.165) is 17.0 Å². The monoisotopic (exact) mass is 329 g/mol. The lowest BCUT2D eigenvalue weighted by Crippen LogP contribution is -2.12. The normalized spacial score (nSPS) is 10.1. The molecule has 1 N–H and O–H groups in total. The van der Waals surface area contributed by atoms with Crippen LogP contribution in [0.5, 0.6) is 17.2 Å². The molecule has 0 bridgehead atoms. The molecule has 0 aliphatic carbocycles. The van der Waals surface area contributed by atoms with Crippen molar-refractivity contribution in [2.45, 2.75) is 19.8 Å². The summed E-state index contributed by atoms with van der Waals surface area (Å²) < 4.78 is 16.0. The minimum Gasteiger partial charge on any atom is -0.494 e. The number of carbonyl (C=O) groups excluding carboxylic acids is 1. The highest BCUT2D eigenvalue weighted by Gasteiger charge is 2.11. The zero-order valence-electron chi connectivity index (χ0n) is 14.3. The van der Waals surface area contributed by atoms with Crippen LogP contribution in [0.2, 0.25) is 0 Å². The molecule has 128 valence electrons. The fourth-order valence-corrected chi connectivity index (χ4v) is 2.42. The van der Waals surface area contributed by atoms with Crippen LogP contribution in [0.4, 0.5) is 5.69 Å². The minimum atomic E-state index is -0.0518. The summed E-state index contributed by atoms with van der Waals surface area (Å²) in [6.45, 7) is 2.55. The molecule has 1 amide bonds. The van der Waals surface area contributed by atoms with Gasteiger partial charge >= 0.3 is 0 Å². The van der Waals surface area contributed by atoms with Crippen LogP contribution in [0.15, 0.2) is 42.5 Å². The number of hydrogen-bond donors (Lipinski definition) is 1. The zero-order chi connectivity index (χ0) is 17.4. The number of benzene rings is 2. The van der Waals surface area contributed by atoms with Crippen molar-refractivity contribution in [2.24, 2.45) is 0 Å². The van der Waals surface area contributed by atoms with Crippen LogP contribution in [0, 0.1) is 0 Å². The molecule has 0 aromatic heterocycles. The molecule has 0 saturated carbocycles. The molecule has 2 aromatic carbocycles. The Labute approximate surface area is 142 Å².